The van der Waals surface area contributed by atoms with Crippen LogP contribution in [0.5, 0.6) is 0 Å². The molecule has 4 N–H and O–H groups in total. The SMILES string of the molecule is N[C@H]1C[C@H](C(=O)NCC(c2ccccc2)c2ccccc2)C[C@@H]1O. The molecule has 4 heteroatoms. The summed E-state index contributed by atoms with van der Waals surface area (Å²) in [6.45, 7) is 0.536. The van der Waals surface area contributed by atoms with E-state index in [0.29, 0.717) is 19.4 Å². The number of amides is 1. The highest BCUT2D eigenvalue weighted by atomic mass is 16.3. The first kappa shape index (κ1) is 16.7. The van der Waals surface area contributed by atoms with Gasteiger partial charge in [0.05, 0.1) is 6.10 Å². The summed E-state index contributed by atoms with van der Waals surface area (Å²) < 4.78 is 0. The molecule has 0 saturated heterocycles. The molecule has 0 radical (unpaired) electrons. The summed E-state index contributed by atoms with van der Waals surface area (Å²) in [5.74, 6) is -0.0996. The van der Waals surface area contributed by atoms with Crippen molar-refractivity contribution < 1.29 is 9.90 Å². The van der Waals surface area contributed by atoms with Crippen LogP contribution in [-0.2, 0) is 4.79 Å². The van der Waals surface area contributed by atoms with Crippen molar-refractivity contribution in [1.29, 1.82) is 0 Å². The molecule has 2 aromatic carbocycles. The van der Waals surface area contributed by atoms with Gasteiger partial charge in [-0.2, -0.15) is 0 Å². The summed E-state index contributed by atoms with van der Waals surface area (Å²) in [6.07, 6.45) is 0.433. The van der Waals surface area contributed by atoms with E-state index < -0.39 is 6.10 Å². The molecule has 1 amide bonds. The molecule has 3 rings (SSSR count). The van der Waals surface area contributed by atoms with Gasteiger partial charge in [-0.3, -0.25) is 4.79 Å². The Balaban J connectivity index is 1.70. The smallest absolute Gasteiger partial charge is 0.223 e. The van der Waals surface area contributed by atoms with Crippen LogP contribution < -0.4 is 11.1 Å². The molecule has 1 aliphatic rings. The van der Waals surface area contributed by atoms with Crippen LogP contribution in [0.15, 0.2) is 60.7 Å². The van der Waals surface area contributed by atoms with E-state index in [0.717, 1.165) is 0 Å². The molecule has 0 aliphatic heterocycles. The molecule has 0 bridgehead atoms. The number of aliphatic hydroxyl groups is 1. The predicted molar refractivity (Wildman–Crippen MR) is 94.4 cm³/mol. The zero-order chi connectivity index (χ0) is 16.9. The second-order valence-corrected chi connectivity index (χ2v) is 6.52. The number of carbonyl (C=O) groups excluding carboxylic acids is 1. The quantitative estimate of drug-likeness (QED) is 0.788. The number of hydrogen-bond acceptors (Lipinski definition) is 3. The van der Waals surface area contributed by atoms with Crippen molar-refractivity contribution in [2.75, 3.05) is 6.54 Å². The van der Waals surface area contributed by atoms with Gasteiger partial charge >= 0.3 is 0 Å². The number of hydrogen-bond donors (Lipinski definition) is 3. The molecule has 0 spiro atoms. The topological polar surface area (TPSA) is 75.4 Å². The normalized spacial score (nSPS) is 23.4. The van der Waals surface area contributed by atoms with Gasteiger partial charge in [0.2, 0.25) is 5.91 Å². The van der Waals surface area contributed by atoms with Crippen LogP contribution >= 0.6 is 0 Å². The number of nitrogens with two attached hydrogens (primary N) is 1. The molecule has 24 heavy (non-hydrogen) atoms. The van der Waals surface area contributed by atoms with Gasteiger partial charge in [0.1, 0.15) is 0 Å². The lowest BCUT2D eigenvalue weighted by atomic mass is 9.91. The van der Waals surface area contributed by atoms with Gasteiger partial charge < -0.3 is 16.2 Å². The molecule has 126 valence electrons. The van der Waals surface area contributed by atoms with Crippen molar-refractivity contribution in [1.82, 2.24) is 5.32 Å². The molecule has 2 aromatic rings. The third-order valence-corrected chi connectivity index (χ3v) is 4.83. The molecular weight excluding hydrogens is 300 g/mol. The number of carbonyl (C=O) groups is 1. The van der Waals surface area contributed by atoms with Crippen molar-refractivity contribution in [2.45, 2.75) is 30.9 Å². The zero-order valence-electron chi connectivity index (χ0n) is 13.6. The highest BCUT2D eigenvalue weighted by Gasteiger charge is 2.34. The fourth-order valence-electron chi connectivity index (χ4n) is 3.41. The lowest BCUT2D eigenvalue weighted by Gasteiger charge is -2.20. The Kier molecular flexibility index (Phi) is 5.28. The van der Waals surface area contributed by atoms with Crippen molar-refractivity contribution >= 4 is 5.91 Å². The molecule has 3 atom stereocenters. The predicted octanol–water partition coefficient (Wildman–Crippen LogP) is 2.03. The minimum Gasteiger partial charge on any atom is -0.391 e. The Morgan fingerprint density at radius 3 is 2.04 bits per heavy atom. The number of nitrogens with one attached hydrogen (secondary N) is 1. The summed E-state index contributed by atoms with van der Waals surface area (Å²) in [5.41, 5.74) is 8.16. The highest BCUT2D eigenvalue weighted by Crippen LogP contribution is 2.26. The third kappa shape index (κ3) is 3.83. The molecular formula is C20H24N2O2. The Morgan fingerprint density at radius 2 is 1.58 bits per heavy atom. The van der Waals surface area contributed by atoms with Crippen LogP contribution in [0, 0.1) is 5.92 Å². The molecule has 0 unspecified atom stereocenters. The summed E-state index contributed by atoms with van der Waals surface area (Å²) >= 11 is 0. The summed E-state index contributed by atoms with van der Waals surface area (Å²) in [4.78, 5) is 12.4. The van der Waals surface area contributed by atoms with Gasteiger partial charge in [0.25, 0.3) is 0 Å². The zero-order valence-corrected chi connectivity index (χ0v) is 13.6. The standard InChI is InChI=1S/C20H24N2O2/c21-18-11-16(12-19(18)23)20(24)22-13-17(14-7-3-1-4-8-14)15-9-5-2-6-10-15/h1-10,16-19,23H,11-13,21H2,(H,22,24)/t16-,18-,19-/m0/s1. The lowest BCUT2D eigenvalue weighted by molar-refractivity contribution is -0.125. The maximum atomic E-state index is 12.4. The fraction of sp³-hybridized carbons (Fsp3) is 0.350. The highest BCUT2D eigenvalue weighted by molar-refractivity contribution is 5.79. The second-order valence-electron chi connectivity index (χ2n) is 6.52. The molecule has 0 aromatic heterocycles. The van der Waals surface area contributed by atoms with Crippen molar-refractivity contribution in [3.8, 4) is 0 Å². The van der Waals surface area contributed by atoms with Crippen molar-refractivity contribution in [3.63, 3.8) is 0 Å². The van der Waals surface area contributed by atoms with Crippen LogP contribution in [0.2, 0.25) is 0 Å². The van der Waals surface area contributed by atoms with Gasteiger partial charge in [0.15, 0.2) is 0 Å². The molecule has 1 aliphatic carbocycles. The van der Waals surface area contributed by atoms with E-state index in [4.69, 9.17) is 5.73 Å². The lowest BCUT2D eigenvalue weighted by Crippen LogP contribution is -2.33. The van der Waals surface area contributed by atoms with E-state index in [1.807, 2.05) is 36.4 Å². The summed E-state index contributed by atoms with van der Waals surface area (Å²) in [7, 11) is 0. The molecule has 1 fully saturated rings. The first-order valence-corrected chi connectivity index (χ1v) is 8.46. The summed E-state index contributed by atoms with van der Waals surface area (Å²) in [6, 6.07) is 20.1. The van der Waals surface area contributed by atoms with Gasteiger partial charge in [0, 0.05) is 24.4 Å². The largest absolute Gasteiger partial charge is 0.391 e. The minimum atomic E-state index is -0.570. The second kappa shape index (κ2) is 7.60. The molecule has 4 nitrogen and oxygen atoms in total. The van der Waals surface area contributed by atoms with E-state index in [-0.39, 0.29) is 23.8 Å². The maximum absolute atomic E-state index is 12.4. The van der Waals surface area contributed by atoms with Crippen molar-refractivity contribution in [3.05, 3.63) is 71.8 Å². The Morgan fingerprint density at radius 1 is 1.04 bits per heavy atom. The number of benzene rings is 2. The van der Waals surface area contributed by atoms with E-state index in [1.54, 1.807) is 0 Å². The fourth-order valence-corrected chi connectivity index (χ4v) is 3.41. The van der Waals surface area contributed by atoms with Crippen LogP contribution in [0.25, 0.3) is 0 Å². The van der Waals surface area contributed by atoms with E-state index >= 15 is 0 Å². The van der Waals surface area contributed by atoms with Crippen LogP contribution in [0.3, 0.4) is 0 Å². The van der Waals surface area contributed by atoms with Gasteiger partial charge in [-0.05, 0) is 24.0 Å². The van der Waals surface area contributed by atoms with E-state index in [2.05, 4.69) is 29.6 Å². The van der Waals surface area contributed by atoms with Crippen LogP contribution in [0.4, 0.5) is 0 Å². The van der Waals surface area contributed by atoms with E-state index in [1.165, 1.54) is 11.1 Å². The average Bonchev–Trinajstić information content (AvgIpc) is 2.96. The maximum Gasteiger partial charge on any atom is 0.223 e. The van der Waals surface area contributed by atoms with Crippen LogP contribution in [0.1, 0.15) is 29.9 Å². The first-order chi connectivity index (χ1) is 11.6. The Labute approximate surface area is 142 Å². The number of aliphatic hydroxyl groups excluding tert-OH is 1. The van der Waals surface area contributed by atoms with E-state index in [9.17, 15) is 9.90 Å². The van der Waals surface area contributed by atoms with Gasteiger partial charge in [-0.25, -0.2) is 0 Å². The number of rotatable bonds is 5. The Bertz CT molecular complexity index is 610. The molecule has 1 saturated carbocycles. The third-order valence-electron chi connectivity index (χ3n) is 4.83. The van der Waals surface area contributed by atoms with Crippen molar-refractivity contribution in [2.24, 2.45) is 11.7 Å². The first-order valence-electron chi connectivity index (χ1n) is 8.46. The molecule has 0 heterocycles. The van der Waals surface area contributed by atoms with Crippen LogP contribution in [-0.4, -0.2) is 29.7 Å². The van der Waals surface area contributed by atoms with Gasteiger partial charge in [-0.15, -0.1) is 0 Å². The summed E-state index contributed by atoms with van der Waals surface area (Å²) in [5, 5.41) is 12.8. The minimum absolute atomic E-state index is 0.0149. The Hall–Kier alpha value is -2.17. The van der Waals surface area contributed by atoms with Gasteiger partial charge in [-0.1, -0.05) is 60.7 Å². The monoisotopic (exact) mass is 324 g/mol. The average molecular weight is 324 g/mol.